The van der Waals surface area contributed by atoms with Gasteiger partial charge in [0, 0.05) is 49.7 Å². The Balaban J connectivity index is 1.53. The number of pyridine rings is 1. The van der Waals surface area contributed by atoms with Crippen LogP contribution in [0.2, 0.25) is 0 Å². The van der Waals surface area contributed by atoms with Gasteiger partial charge in [-0.2, -0.15) is 0 Å². The number of anilines is 3. The van der Waals surface area contributed by atoms with Crippen LogP contribution in [0.25, 0.3) is 11.3 Å². The molecule has 28 heavy (non-hydrogen) atoms. The zero-order valence-corrected chi connectivity index (χ0v) is 15.6. The standard InChI is InChI=1S/C20H22N6O2/c1-28-19-12-14(6-7-22-19)25-8-10-26(11-9-25)17-13-16(23-24-20(17)21)15-4-2-3-5-18(15)27/h2-7,12-13,27H,8-11H2,1H3,(H2,21,24). The molecule has 1 fully saturated rings. The number of nitrogens with zero attached hydrogens (tertiary/aromatic N) is 5. The minimum Gasteiger partial charge on any atom is -0.507 e. The van der Waals surface area contributed by atoms with E-state index in [1.165, 1.54) is 0 Å². The quantitative estimate of drug-likeness (QED) is 0.712. The number of benzene rings is 1. The maximum atomic E-state index is 10.1. The van der Waals surface area contributed by atoms with Crippen molar-refractivity contribution in [1.82, 2.24) is 15.2 Å². The van der Waals surface area contributed by atoms with Crippen LogP contribution in [0.1, 0.15) is 0 Å². The number of rotatable bonds is 4. The van der Waals surface area contributed by atoms with E-state index in [1.54, 1.807) is 25.4 Å². The monoisotopic (exact) mass is 378 g/mol. The SMILES string of the molecule is COc1cc(N2CCN(c3cc(-c4ccccc4O)nnc3N)CC2)ccn1. The molecule has 0 unspecified atom stereocenters. The molecule has 3 N–H and O–H groups in total. The van der Waals surface area contributed by atoms with Crippen molar-refractivity contribution in [2.24, 2.45) is 0 Å². The first-order valence-electron chi connectivity index (χ1n) is 9.07. The third-order valence-electron chi connectivity index (χ3n) is 4.89. The van der Waals surface area contributed by atoms with Gasteiger partial charge in [0.2, 0.25) is 5.88 Å². The lowest BCUT2D eigenvalue weighted by atomic mass is 10.1. The molecule has 0 radical (unpaired) electrons. The lowest BCUT2D eigenvalue weighted by Gasteiger charge is -2.37. The molecule has 3 aromatic rings. The number of phenols is 1. The van der Waals surface area contributed by atoms with Gasteiger partial charge in [-0.3, -0.25) is 0 Å². The second-order valence-electron chi connectivity index (χ2n) is 6.55. The fourth-order valence-corrected chi connectivity index (χ4v) is 3.38. The molecule has 0 amide bonds. The maximum absolute atomic E-state index is 10.1. The molecule has 1 aliphatic heterocycles. The number of phenolic OH excluding ortho intramolecular Hbond substituents is 1. The Bertz CT molecular complexity index is 972. The van der Waals surface area contributed by atoms with E-state index >= 15 is 0 Å². The molecule has 144 valence electrons. The molecule has 0 bridgehead atoms. The fourth-order valence-electron chi connectivity index (χ4n) is 3.38. The maximum Gasteiger partial charge on any atom is 0.214 e. The van der Waals surface area contributed by atoms with Crippen LogP contribution in [-0.2, 0) is 0 Å². The Morgan fingerprint density at radius 3 is 2.50 bits per heavy atom. The van der Waals surface area contributed by atoms with Gasteiger partial charge in [0.1, 0.15) is 5.75 Å². The number of hydrogen-bond donors (Lipinski definition) is 2. The van der Waals surface area contributed by atoms with Crippen molar-refractivity contribution in [2.45, 2.75) is 0 Å². The Labute approximate surface area is 163 Å². The highest BCUT2D eigenvalue weighted by Crippen LogP contribution is 2.32. The summed E-state index contributed by atoms with van der Waals surface area (Å²) in [4.78, 5) is 8.64. The number of aromatic hydroxyl groups is 1. The first-order valence-corrected chi connectivity index (χ1v) is 9.07. The average Bonchev–Trinajstić information content (AvgIpc) is 2.75. The molecule has 1 aliphatic rings. The smallest absolute Gasteiger partial charge is 0.214 e. The van der Waals surface area contributed by atoms with Crippen LogP contribution >= 0.6 is 0 Å². The van der Waals surface area contributed by atoms with E-state index in [1.807, 2.05) is 30.3 Å². The number of aromatic nitrogens is 3. The number of hydrogen-bond acceptors (Lipinski definition) is 8. The summed E-state index contributed by atoms with van der Waals surface area (Å²) in [5.74, 6) is 1.16. The van der Waals surface area contributed by atoms with Crippen molar-refractivity contribution in [3.63, 3.8) is 0 Å². The van der Waals surface area contributed by atoms with E-state index in [2.05, 4.69) is 25.0 Å². The molecule has 2 aromatic heterocycles. The van der Waals surface area contributed by atoms with Crippen molar-refractivity contribution in [3.05, 3.63) is 48.7 Å². The van der Waals surface area contributed by atoms with Gasteiger partial charge in [-0.05, 0) is 24.3 Å². The number of methoxy groups -OCH3 is 1. The summed E-state index contributed by atoms with van der Waals surface area (Å²) in [6.45, 7) is 3.25. The molecule has 0 aliphatic carbocycles. The molecule has 8 nitrogen and oxygen atoms in total. The molecule has 1 aromatic carbocycles. The number of piperazine rings is 1. The molecule has 1 saturated heterocycles. The summed E-state index contributed by atoms with van der Waals surface area (Å²) in [6, 6.07) is 12.9. The fraction of sp³-hybridized carbons (Fsp3) is 0.250. The van der Waals surface area contributed by atoms with Crippen molar-refractivity contribution >= 4 is 17.2 Å². The molecular formula is C20H22N6O2. The van der Waals surface area contributed by atoms with Gasteiger partial charge in [0.25, 0.3) is 0 Å². The summed E-state index contributed by atoms with van der Waals surface area (Å²) in [6.07, 6.45) is 1.75. The predicted octanol–water partition coefficient (Wildman–Crippen LogP) is 2.16. The minimum atomic E-state index is 0.170. The Kier molecular flexibility index (Phi) is 4.84. The molecule has 3 heterocycles. The van der Waals surface area contributed by atoms with E-state index in [-0.39, 0.29) is 5.75 Å². The molecule has 4 rings (SSSR count). The third kappa shape index (κ3) is 3.48. The van der Waals surface area contributed by atoms with Crippen molar-refractivity contribution in [2.75, 3.05) is 48.8 Å². The molecule has 0 atom stereocenters. The van der Waals surface area contributed by atoms with E-state index < -0.39 is 0 Å². The van der Waals surface area contributed by atoms with Gasteiger partial charge >= 0.3 is 0 Å². The molecule has 8 heteroatoms. The van der Waals surface area contributed by atoms with Crippen LogP contribution in [0.15, 0.2) is 48.7 Å². The number of nitrogen functional groups attached to an aromatic ring is 1. The van der Waals surface area contributed by atoms with E-state index in [0.717, 1.165) is 37.6 Å². The van der Waals surface area contributed by atoms with E-state index in [0.29, 0.717) is 23.0 Å². The van der Waals surface area contributed by atoms with E-state index in [4.69, 9.17) is 10.5 Å². The minimum absolute atomic E-state index is 0.170. The second kappa shape index (κ2) is 7.59. The van der Waals surface area contributed by atoms with Gasteiger partial charge in [-0.25, -0.2) is 4.98 Å². The Morgan fingerprint density at radius 2 is 1.75 bits per heavy atom. The van der Waals surface area contributed by atoms with Crippen molar-refractivity contribution < 1.29 is 9.84 Å². The highest BCUT2D eigenvalue weighted by molar-refractivity contribution is 5.74. The number of nitrogens with two attached hydrogens (primary N) is 1. The zero-order valence-electron chi connectivity index (χ0n) is 15.6. The van der Waals surface area contributed by atoms with Gasteiger partial charge in [-0.15, -0.1) is 10.2 Å². The van der Waals surface area contributed by atoms with Crippen LogP contribution < -0.4 is 20.3 Å². The normalized spacial score (nSPS) is 14.2. The average molecular weight is 378 g/mol. The van der Waals surface area contributed by atoms with Gasteiger partial charge in [0.15, 0.2) is 5.82 Å². The summed E-state index contributed by atoms with van der Waals surface area (Å²) in [5, 5.41) is 18.4. The molecule has 0 saturated carbocycles. The highest BCUT2D eigenvalue weighted by atomic mass is 16.5. The van der Waals surface area contributed by atoms with Crippen LogP contribution in [-0.4, -0.2) is 53.6 Å². The van der Waals surface area contributed by atoms with Gasteiger partial charge in [0.05, 0.1) is 18.5 Å². The molecular weight excluding hydrogens is 356 g/mol. The van der Waals surface area contributed by atoms with Crippen LogP contribution in [0.5, 0.6) is 11.6 Å². The largest absolute Gasteiger partial charge is 0.507 e. The topological polar surface area (TPSA) is 101 Å². The summed E-state index contributed by atoms with van der Waals surface area (Å²) in [5.41, 5.74) is 9.26. The summed E-state index contributed by atoms with van der Waals surface area (Å²) < 4.78 is 5.22. The zero-order chi connectivity index (χ0) is 19.5. The summed E-state index contributed by atoms with van der Waals surface area (Å²) in [7, 11) is 1.62. The Hall–Kier alpha value is -3.55. The molecule has 0 spiro atoms. The first kappa shape index (κ1) is 17.8. The Morgan fingerprint density at radius 1 is 1.00 bits per heavy atom. The van der Waals surface area contributed by atoms with Crippen molar-refractivity contribution in [1.29, 1.82) is 0 Å². The number of ether oxygens (including phenoxy) is 1. The predicted molar refractivity (Wildman–Crippen MR) is 109 cm³/mol. The highest BCUT2D eigenvalue weighted by Gasteiger charge is 2.21. The number of para-hydroxylation sites is 1. The van der Waals surface area contributed by atoms with Crippen LogP contribution in [0, 0.1) is 0 Å². The summed E-state index contributed by atoms with van der Waals surface area (Å²) >= 11 is 0. The first-order chi connectivity index (χ1) is 13.7. The van der Waals surface area contributed by atoms with Crippen LogP contribution in [0.3, 0.4) is 0 Å². The van der Waals surface area contributed by atoms with Gasteiger partial charge in [-0.1, -0.05) is 12.1 Å². The van der Waals surface area contributed by atoms with Crippen LogP contribution in [0.4, 0.5) is 17.2 Å². The van der Waals surface area contributed by atoms with Crippen molar-refractivity contribution in [3.8, 4) is 22.9 Å². The lowest BCUT2D eigenvalue weighted by Crippen LogP contribution is -2.46. The lowest BCUT2D eigenvalue weighted by molar-refractivity contribution is 0.398. The third-order valence-corrected chi connectivity index (χ3v) is 4.89. The second-order valence-corrected chi connectivity index (χ2v) is 6.55. The van der Waals surface area contributed by atoms with Gasteiger partial charge < -0.3 is 25.4 Å². The van der Waals surface area contributed by atoms with E-state index in [9.17, 15) is 5.11 Å².